The predicted molar refractivity (Wildman–Crippen MR) is 128 cm³/mol. The minimum absolute atomic E-state index is 0.123. The second kappa shape index (κ2) is 10.9. The van der Waals surface area contributed by atoms with E-state index in [0.29, 0.717) is 35.4 Å². The quantitative estimate of drug-likeness (QED) is 0.340. The van der Waals surface area contributed by atoms with Crippen molar-refractivity contribution in [3.63, 3.8) is 0 Å². The molecule has 2 fully saturated rings. The first kappa shape index (κ1) is 24.1. The van der Waals surface area contributed by atoms with Gasteiger partial charge in [0.25, 0.3) is 0 Å². The molecular formula is C23H22ClFN8O2. The zero-order chi connectivity index (χ0) is 24.8. The van der Waals surface area contributed by atoms with Crippen molar-refractivity contribution in [1.29, 1.82) is 5.26 Å². The molecule has 0 aliphatic heterocycles. The fourth-order valence-corrected chi connectivity index (χ4v) is 3.37. The minimum Gasteiger partial charge on any atom is -0.339 e. The van der Waals surface area contributed by atoms with Crippen LogP contribution in [0.4, 0.5) is 10.2 Å². The first-order valence-corrected chi connectivity index (χ1v) is 11.4. The molecule has 1 atom stereocenters. The van der Waals surface area contributed by atoms with Gasteiger partial charge in [0.15, 0.2) is 17.3 Å². The van der Waals surface area contributed by atoms with Gasteiger partial charge in [0.1, 0.15) is 6.04 Å². The van der Waals surface area contributed by atoms with Crippen molar-refractivity contribution in [2.75, 3.05) is 5.32 Å². The number of carbonyl (C=O) groups excluding carboxylic acids is 2. The lowest BCUT2D eigenvalue weighted by atomic mass is 9.98. The number of aromatic nitrogens is 5. The number of halogens is 2. The Morgan fingerprint density at radius 2 is 1.86 bits per heavy atom. The number of imidazole rings is 1. The number of carbonyl (C=O) groups is 2. The van der Waals surface area contributed by atoms with E-state index in [1.165, 1.54) is 50.9 Å². The van der Waals surface area contributed by atoms with Crippen LogP contribution in [0.2, 0.25) is 5.02 Å². The number of nitrogens with one attached hydrogen (secondary N) is 3. The van der Waals surface area contributed by atoms with Crippen LogP contribution in [0.3, 0.4) is 0 Å². The Morgan fingerprint density at radius 1 is 1.14 bits per heavy atom. The number of H-pyrrole nitrogens is 1. The number of amides is 2. The van der Waals surface area contributed by atoms with Gasteiger partial charge in [0.05, 0.1) is 46.5 Å². The molecule has 3 heterocycles. The molecule has 12 heteroatoms. The fraction of sp³-hybridized carbons (Fsp3) is 0.304. The van der Waals surface area contributed by atoms with Crippen LogP contribution in [0.15, 0.2) is 24.8 Å². The maximum absolute atomic E-state index is 15.2. The Labute approximate surface area is 204 Å². The molecule has 2 aliphatic carbocycles. The van der Waals surface area contributed by atoms with Gasteiger partial charge in [-0.2, -0.15) is 10.4 Å². The molecule has 4 aromatic rings. The van der Waals surface area contributed by atoms with Gasteiger partial charge in [-0.1, -0.05) is 50.1 Å². The van der Waals surface area contributed by atoms with Crippen LogP contribution in [0.1, 0.15) is 50.1 Å². The molecule has 2 aliphatic rings. The SMILES string of the molecule is C1CC1.C1CC1.N#CC(NC=O)c1c(F)c(Cl)c(-c2cn3cc(NC=O)nc3cn2)c2cn[nH]c12. The third-order valence-electron chi connectivity index (χ3n) is 4.99. The first-order valence-electron chi connectivity index (χ1n) is 11.1. The van der Waals surface area contributed by atoms with Crippen molar-refractivity contribution in [3.05, 3.63) is 41.2 Å². The number of anilines is 1. The summed E-state index contributed by atoms with van der Waals surface area (Å²) in [5.41, 5.74) is 1.10. The van der Waals surface area contributed by atoms with Crippen LogP contribution in [-0.4, -0.2) is 37.4 Å². The van der Waals surface area contributed by atoms with Crippen LogP contribution < -0.4 is 10.6 Å². The summed E-state index contributed by atoms with van der Waals surface area (Å²) in [6, 6.07) is 0.554. The first-order chi connectivity index (χ1) is 17.1. The van der Waals surface area contributed by atoms with Gasteiger partial charge in [-0.15, -0.1) is 0 Å². The summed E-state index contributed by atoms with van der Waals surface area (Å²) in [5.74, 6) is -0.563. The Morgan fingerprint density at radius 3 is 2.46 bits per heavy atom. The highest BCUT2D eigenvalue weighted by atomic mass is 35.5. The van der Waals surface area contributed by atoms with E-state index < -0.39 is 11.9 Å². The number of benzene rings is 1. The van der Waals surface area contributed by atoms with Crippen LogP contribution >= 0.6 is 11.6 Å². The van der Waals surface area contributed by atoms with Crippen LogP contribution in [0.5, 0.6) is 0 Å². The average molecular weight is 497 g/mol. The van der Waals surface area contributed by atoms with Gasteiger partial charge in [-0.3, -0.25) is 19.7 Å². The Kier molecular flexibility index (Phi) is 7.52. The highest BCUT2D eigenvalue weighted by Gasteiger charge is 2.27. The Balaban J connectivity index is 0.000000420. The van der Waals surface area contributed by atoms with Crippen molar-refractivity contribution in [2.24, 2.45) is 0 Å². The molecule has 0 radical (unpaired) electrons. The van der Waals surface area contributed by atoms with Crippen molar-refractivity contribution in [2.45, 2.75) is 44.6 Å². The van der Waals surface area contributed by atoms with E-state index in [-0.39, 0.29) is 21.7 Å². The zero-order valence-electron chi connectivity index (χ0n) is 18.6. The van der Waals surface area contributed by atoms with Crippen molar-refractivity contribution in [1.82, 2.24) is 29.9 Å². The number of nitriles is 1. The maximum atomic E-state index is 15.2. The van der Waals surface area contributed by atoms with Gasteiger partial charge >= 0.3 is 0 Å². The van der Waals surface area contributed by atoms with Crippen LogP contribution in [-0.2, 0) is 9.59 Å². The normalized spacial score (nSPS) is 14.0. The molecule has 3 aromatic heterocycles. The molecule has 6 rings (SSSR count). The van der Waals surface area contributed by atoms with E-state index in [2.05, 4.69) is 30.8 Å². The monoisotopic (exact) mass is 496 g/mol. The van der Waals surface area contributed by atoms with E-state index in [9.17, 15) is 14.9 Å². The summed E-state index contributed by atoms with van der Waals surface area (Å²) in [4.78, 5) is 29.8. The van der Waals surface area contributed by atoms with Crippen molar-refractivity contribution >= 4 is 46.8 Å². The maximum Gasteiger partial charge on any atom is 0.212 e. The van der Waals surface area contributed by atoms with Crippen LogP contribution in [0, 0.1) is 17.1 Å². The van der Waals surface area contributed by atoms with E-state index in [0.717, 1.165) is 0 Å². The topological polar surface area (TPSA) is 141 Å². The summed E-state index contributed by atoms with van der Waals surface area (Å²) in [7, 11) is 0. The number of hydrogen-bond donors (Lipinski definition) is 3. The molecule has 0 saturated heterocycles. The number of aromatic amines is 1. The average Bonchev–Trinajstić information content (AvgIpc) is 3.80. The molecule has 2 saturated carbocycles. The van der Waals surface area contributed by atoms with Gasteiger partial charge < -0.3 is 15.0 Å². The molecule has 10 nitrogen and oxygen atoms in total. The lowest BCUT2D eigenvalue weighted by Gasteiger charge is -2.15. The summed E-state index contributed by atoms with van der Waals surface area (Å²) in [5, 5.41) is 20.7. The Bertz CT molecular complexity index is 1390. The molecule has 35 heavy (non-hydrogen) atoms. The zero-order valence-corrected chi connectivity index (χ0v) is 19.3. The lowest BCUT2D eigenvalue weighted by molar-refractivity contribution is -0.110. The second-order valence-corrected chi connectivity index (χ2v) is 8.35. The van der Waals surface area contributed by atoms with E-state index >= 15 is 4.39 Å². The molecule has 0 spiro atoms. The smallest absolute Gasteiger partial charge is 0.212 e. The third-order valence-corrected chi connectivity index (χ3v) is 5.35. The number of rotatable bonds is 6. The summed E-state index contributed by atoms with van der Waals surface area (Å²) >= 11 is 6.31. The van der Waals surface area contributed by atoms with E-state index in [1.807, 2.05) is 6.07 Å². The van der Waals surface area contributed by atoms with Gasteiger partial charge in [0.2, 0.25) is 12.8 Å². The molecule has 1 unspecified atom stereocenters. The lowest BCUT2D eigenvalue weighted by Crippen LogP contribution is -2.19. The van der Waals surface area contributed by atoms with Crippen molar-refractivity contribution < 1.29 is 14.0 Å². The largest absolute Gasteiger partial charge is 0.339 e. The number of fused-ring (bicyclic) bond motifs is 2. The number of hydrogen-bond acceptors (Lipinski definition) is 6. The predicted octanol–water partition coefficient (Wildman–Crippen LogP) is 4.28. The molecule has 2 amide bonds. The van der Waals surface area contributed by atoms with Crippen molar-refractivity contribution in [3.8, 4) is 17.3 Å². The summed E-state index contributed by atoms with van der Waals surface area (Å²) in [6.45, 7) is 0. The Hall–Kier alpha value is -4.04. The fourth-order valence-electron chi connectivity index (χ4n) is 3.07. The van der Waals surface area contributed by atoms with Gasteiger partial charge in [0, 0.05) is 17.1 Å². The van der Waals surface area contributed by atoms with Crippen LogP contribution in [0.25, 0.3) is 27.8 Å². The number of nitrogens with zero attached hydrogens (tertiary/aromatic N) is 5. The molecular weight excluding hydrogens is 475 g/mol. The van der Waals surface area contributed by atoms with Gasteiger partial charge in [-0.05, 0) is 0 Å². The molecule has 3 N–H and O–H groups in total. The highest BCUT2D eigenvalue weighted by Crippen LogP contribution is 2.40. The summed E-state index contributed by atoms with van der Waals surface area (Å²) in [6.07, 6.45) is 15.8. The molecule has 180 valence electrons. The van der Waals surface area contributed by atoms with Gasteiger partial charge in [-0.25, -0.2) is 9.37 Å². The second-order valence-electron chi connectivity index (χ2n) is 7.97. The van der Waals surface area contributed by atoms with E-state index in [4.69, 9.17) is 11.6 Å². The molecule has 0 bridgehead atoms. The summed E-state index contributed by atoms with van der Waals surface area (Å²) < 4.78 is 16.7. The molecule has 1 aromatic carbocycles. The van der Waals surface area contributed by atoms with E-state index in [1.54, 1.807) is 16.8 Å². The minimum atomic E-state index is -1.26. The highest BCUT2D eigenvalue weighted by molar-refractivity contribution is 6.35. The standard InChI is InChI=1S/C17H10ClFN8O2.2C3H6/c18-15-13(10-4-27-5-11(23-7-29)25-12(27)3-21-10)8-2-24-26-17(8)14(16(15)19)9(1-20)22-6-28;2*1-2-3-1/h2-7,9H,(H,22,28)(H,23,29)(H,24,26);2*1-3H2. The third kappa shape index (κ3) is 5.55.